The summed E-state index contributed by atoms with van der Waals surface area (Å²) in [4.78, 5) is 13.1. The van der Waals surface area contributed by atoms with Crippen LogP contribution in [-0.4, -0.2) is 48.8 Å². The van der Waals surface area contributed by atoms with E-state index in [0.29, 0.717) is 5.56 Å². The average molecular weight is 332 g/mol. The van der Waals surface area contributed by atoms with Gasteiger partial charge in [0.2, 0.25) is 0 Å². The molecule has 4 nitrogen and oxygen atoms in total. The third kappa shape index (κ3) is 3.50. The van der Waals surface area contributed by atoms with Crippen LogP contribution >= 0.6 is 0 Å². The molecule has 1 saturated heterocycles. The smallest absolute Gasteiger partial charge is 0.343 e. The van der Waals surface area contributed by atoms with E-state index in [9.17, 15) is 9.90 Å². The highest BCUT2D eigenvalue weighted by Gasteiger charge is 2.48. The third-order valence-electron chi connectivity index (χ3n) is 5.75. The first-order chi connectivity index (χ1) is 11.4. The molecule has 0 aromatic heterocycles. The van der Waals surface area contributed by atoms with Crippen LogP contribution in [0.25, 0.3) is 0 Å². The van der Waals surface area contributed by atoms with Crippen LogP contribution < -0.4 is 0 Å². The summed E-state index contributed by atoms with van der Waals surface area (Å²) in [5, 5.41) is 11.5. The molecule has 1 aromatic rings. The summed E-state index contributed by atoms with van der Waals surface area (Å²) in [7, 11) is 4.30. The Morgan fingerprint density at radius 3 is 2.38 bits per heavy atom. The molecule has 1 aliphatic heterocycles. The molecule has 0 radical (unpaired) electrons. The maximum atomic E-state index is 13.1. The summed E-state index contributed by atoms with van der Waals surface area (Å²) >= 11 is 0. The van der Waals surface area contributed by atoms with Crippen molar-refractivity contribution in [1.82, 2.24) is 0 Å². The molecular formula is C20H30NO3+. The van der Waals surface area contributed by atoms with Gasteiger partial charge in [0.05, 0.1) is 20.6 Å². The molecule has 24 heavy (non-hydrogen) atoms. The van der Waals surface area contributed by atoms with Gasteiger partial charge < -0.3 is 14.3 Å². The Hall–Kier alpha value is -1.39. The Balaban J connectivity index is 1.83. The van der Waals surface area contributed by atoms with Gasteiger partial charge in [0.15, 0.2) is 11.7 Å². The third-order valence-corrected chi connectivity index (χ3v) is 5.75. The predicted molar refractivity (Wildman–Crippen MR) is 93.3 cm³/mol. The predicted octanol–water partition coefficient (Wildman–Crippen LogP) is 2.85. The lowest BCUT2D eigenvalue weighted by Crippen LogP contribution is -2.47. The fourth-order valence-electron chi connectivity index (χ4n) is 4.30. The van der Waals surface area contributed by atoms with Crippen molar-refractivity contribution in [2.75, 3.05) is 27.2 Å². The zero-order chi connectivity index (χ0) is 17.2. The largest absolute Gasteiger partial charge is 0.454 e. The van der Waals surface area contributed by atoms with Crippen molar-refractivity contribution in [3.05, 3.63) is 35.9 Å². The number of carbonyl (C=O) groups excluding carboxylic acids is 1. The second kappa shape index (κ2) is 6.85. The van der Waals surface area contributed by atoms with Gasteiger partial charge in [-0.05, 0) is 18.4 Å². The number of benzene rings is 1. The topological polar surface area (TPSA) is 46.5 Å². The molecule has 1 aliphatic carbocycles. The van der Waals surface area contributed by atoms with Gasteiger partial charge in [0.1, 0.15) is 6.54 Å². The van der Waals surface area contributed by atoms with Crippen LogP contribution in [0.2, 0.25) is 0 Å². The number of quaternary nitrogens is 1. The number of esters is 1. The number of ether oxygens (including phenoxy) is 1. The highest BCUT2D eigenvalue weighted by atomic mass is 16.6. The standard InChI is InChI=1S/C20H30NO3/c1-21(2)14-13-18(15-21)24-19(22)20(23,16-9-5-3-6-10-16)17-11-7-4-8-12-17/h3,5-6,9-10,17-18,23H,4,7-8,11-15H2,1-2H3/q+1/t18-,20+/m1/s1. The summed E-state index contributed by atoms with van der Waals surface area (Å²) in [6.45, 7) is 1.83. The number of nitrogens with zero attached hydrogens (tertiary/aromatic N) is 1. The lowest BCUT2D eigenvalue weighted by atomic mass is 9.73. The molecule has 2 aliphatic rings. The van der Waals surface area contributed by atoms with Gasteiger partial charge in [-0.3, -0.25) is 0 Å². The first-order valence-electron chi connectivity index (χ1n) is 9.23. The van der Waals surface area contributed by atoms with Crippen LogP contribution in [0.4, 0.5) is 0 Å². The monoisotopic (exact) mass is 332 g/mol. The number of rotatable bonds is 4. The van der Waals surface area contributed by atoms with Gasteiger partial charge in [-0.25, -0.2) is 4.79 Å². The minimum atomic E-state index is -1.51. The average Bonchev–Trinajstić information content (AvgIpc) is 2.94. The van der Waals surface area contributed by atoms with Gasteiger partial charge >= 0.3 is 5.97 Å². The van der Waals surface area contributed by atoms with Crippen LogP contribution in [0, 0.1) is 5.92 Å². The molecular weight excluding hydrogens is 302 g/mol. The molecule has 2 fully saturated rings. The molecule has 3 rings (SSSR count). The molecule has 132 valence electrons. The molecule has 2 atom stereocenters. The van der Waals surface area contributed by atoms with E-state index in [0.717, 1.165) is 49.7 Å². The number of likely N-dealkylation sites (N-methyl/N-ethyl adjacent to an activating group) is 1. The number of hydrogen-bond acceptors (Lipinski definition) is 3. The van der Waals surface area contributed by atoms with E-state index in [1.165, 1.54) is 6.42 Å². The minimum absolute atomic E-state index is 0.0509. The Morgan fingerprint density at radius 2 is 1.79 bits per heavy atom. The zero-order valence-electron chi connectivity index (χ0n) is 14.9. The first kappa shape index (κ1) is 17.4. The van der Waals surface area contributed by atoms with E-state index in [2.05, 4.69) is 14.1 Å². The van der Waals surface area contributed by atoms with E-state index in [1.54, 1.807) is 0 Å². The number of aliphatic hydroxyl groups is 1. The molecule has 4 heteroatoms. The molecule has 1 aromatic carbocycles. The SMILES string of the molecule is C[N+]1(C)CC[C@@H](OC(=O)[C@](O)(c2ccccc2)C2CCCCC2)C1. The van der Waals surface area contributed by atoms with E-state index in [-0.39, 0.29) is 12.0 Å². The highest BCUT2D eigenvalue weighted by molar-refractivity contribution is 5.81. The van der Waals surface area contributed by atoms with E-state index < -0.39 is 11.6 Å². The summed E-state index contributed by atoms with van der Waals surface area (Å²) in [5.41, 5.74) is -0.838. The van der Waals surface area contributed by atoms with Gasteiger partial charge in [0.25, 0.3) is 0 Å². The maximum Gasteiger partial charge on any atom is 0.343 e. The molecule has 0 amide bonds. The number of likely N-dealkylation sites (tertiary alicyclic amines) is 1. The summed E-state index contributed by atoms with van der Waals surface area (Å²) in [5.74, 6) is -0.502. The van der Waals surface area contributed by atoms with Crippen LogP contribution in [-0.2, 0) is 15.1 Å². The summed E-state index contributed by atoms with van der Waals surface area (Å²) in [6, 6.07) is 9.38. The van der Waals surface area contributed by atoms with Gasteiger partial charge in [-0.15, -0.1) is 0 Å². The second-order valence-electron chi connectivity index (χ2n) is 8.13. The van der Waals surface area contributed by atoms with Gasteiger partial charge in [-0.2, -0.15) is 0 Å². The number of hydrogen-bond donors (Lipinski definition) is 1. The summed E-state index contributed by atoms with van der Waals surface area (Å²) in [6.07, 6.45) is 5.87. The minimum Gasteiger partial charge on any atom is -0.454 e. The lowest BCUT2D eigenvalue weighted by Gasteiger charge is -2.37. The van der Waals surface area contributed by atoms with Crippen molar-refractivity contribution in [2.24, 2.45) is 5.92 Å². The van der Waals surface area contributed by atoms with Crippen molar-refractivity contribution >= 4 is 5.97 Å². The van der Waals surface area contributed by atoms with Crippen molar-refractivity contribution in [1.29, 1.82) is 0 Å². The van der Waals surface area contributed by atoms with Crippen molar-refractivity contribution in [3.8, 4) is 0 Å². The fourth-order valence-corrected chi connectivity index (χ4v) is 4.30. The lowest BCUT2D eigenvalue weighted by molar-refractivity contribution is -0.879. The molecule has 0 unspecified atom stereocenters. The van der Waals surface area contributed by atoms with E-state index in [4.69, 9.17) is 4.74 Å². The van der Waals surface area contributed by atoms with Crippen LogP contribution in [0.5, 0.6) is 0 Å². The van der Waals surface area contributed by atoms with Crippen LogP contribution in [0.1, 0.15) is 44.1 Å². The Labute approximate surface area is 145 Å². The highest BCUT2D eigenvalue weighted by Crippen LogP contribution is 2.40. The van der Waals surface area contributed by atoms with E-state index >= 15 is 0 Å². The van der Waals surface area contributed by atoms with Crippen LogP contribution in [0.15, 0.2) is 30.3 Å². The fraction of sp³-hybridized carbons (Fsp3) is 0.650. The van der Waals surface area contributed by atoms with Crippen molar-refractivity contribution in [3.63, 3.8) is 0 Å². The second-order valence-corrected chi connectivity index (χ2v) is 8.13. The van der Waals surface area contributed by atoms with Crippen LogP contribution in [0.3, 0.4) is 0 Å². The van der Waals surface area contributed by atoms with Crippen molar-refractivity contribution < 1.29 is 19.1 Å². The van der Waals surface area contributed by atoms with Gasteiger partial charge in [-0.1, -0.05) is 49.6 Å². The molecule has 0 spiro atoms. The number of carbonyl (C=O) groups is 1. The van der Waals surface area contributed by atoms with Crippen molar-refractivity contribution in [2.45, 2.75) is 50.2 Å². The normalized spacial score (nSPS) is 26.7. The van der Waals surface area contributed by atoms with E-state index in [1.807, 2.05) is 30.3 Å². The quantitative estimate of drug-likeness (QED) is 0.681. The summed E-state index contributed by atoms with van der Waals surface area (Å²) < 4.78 is 6.68. The Morgan fingerprint density at radius 1 is 1.12 bits per heavy atom. The Bertz CT molecular complexity index is 566. The zero-order valence-corrected chi connectivity index (χ0v) is 14.9. The molecule has 0 bridgehead atoms. The molecule has 1 N–H and O–H groups in total. The first-order valence-corrected chi connectivity index (χ1v) is 9.23. The van der Waals surface area contributed by atoms with Gasteiger partial charge in [0, 0.05) is 12.3 Å². The maximum absolute atomic E-state index is 13.1. The molecule has 1 heterocycles. The Kier molecular flexibility index (Phi) is 4.97. The molecule has 1 saturated carbocycles.